The molecule has 3 rings (SSSR count). The third-order valence-corrected chi connectivity index (χ3v) is 3.55. The van der Waals surface area contributed by atoms with Gasteiger partial charge in [0.1, 0.15) is 5.82 Å². The molecule has 0 fully saturated rings. The van der Waals surface area contributed by atoms with Crippen molar-refractivity contribution in [2.45, 2.75) is 13.8 Å². The van der Waals surface area contributed by atoms with Gasteiger partial charge in [0.25, 0.3) is 0 Å². The third kappa shape index (κ3) is 4.81. The van der Waals surface area contributed by atoms with Crippen LogP contribution in [0.5, 0.6) is 0 Å². The second-order valence-corrected chi connectivity index (χ2v) is 5.88. The van der Waals surface area contributed by atoms with Crippen LogP contribution < -0.4 is 16.0 Å². The van der Waals surface area contributed by atoms with E-state index in [9.17, 15) is 4.79 Å². The molecule has 126 valence electrons. The summed E-state index contributed by atoms with van der Waals surface area (Å²) in [5, 5.41) is 8.79. The predicted octanol–water partition coefficient (Wildman–Crippen LogP) is 5.09. The van der Waals surface area contributed by atoms with Gasteiger partial charge in [-0.05, 0) is 61.4 Å². The molecule has 0 unspecified atom stereocenters. The predicted molar refractivity (Wildman–Crippen MR) is 103 cm³/mol. The van der Waals surface area contributed by atoms with Crippen LogP contribution in [0.1, 0.15) is 11.1 Å². The smallest absolute Gasteiger partial charge is 0.323 e. The summed E-state index contributed by atoms with van der Waals surface area (Å²) in [5.74, 6) is 0.721. The molecule has 0 aliphatic heterocycles. The van der Waals surface area contributed by atoms with Crippen LogP contribution in [0.2, 0.25) is 0 Å². The van der Waals surface area contributed by atoms with Gasteiger partial charge in [0, 0.05) is 11.4 Å². The first kappa shape index (κ1) is 16.5. The van der Waals surface area contributed by atoms with Crippen LogP contribution in [0.15, 0.2) is 66.9 Å². The first-order chi connectivity index (χ1) is 12.1. The van der Waals surface area contributed by atoms with E-state index >= 15 is 0 Å². The van der Waals surface area contributed by atoms with Crippen molar-refractivity contribution in [2.24, 2.45) is 0 Å². The van der Waals surface area contributed by atoms with Gasteiger partial charge in [-0.3, -0.25) is 0 Å². The number of hydrogen-bond donors (Lipinski definition) is 3. The van der Waals surface area contributed by atoms with Crippen molar-refractivity contribution in [1.29, 1.82) is 0 Å². The highest BCUT2D eigenvalue weighted by Crippen LogP contribution is 2.19. The van der Waals surface area contributed by atoms with Crippen molar-refractivity contribution < 1.29 is 4.79 Å². The van der Waals surface area contributed by atoms with Crippen LogP contribution in [-0.4, -0.2) is 11.0 Å². The zero-order chi connectivity index (χ0) is 17.6. The fourth-order valence-corrected chi connectivity index (χ4v) is 2.55. The number of hydrogen-bond acceptors (Lipinski definition) is 3. The maximum absolute atomic E-state index is 12.0. The van der Waals surface area contributed by atoms with E-state index in [2.05, 4.69) is 53.0 Å². The Morgan fingerprint density at radius 1 is 0.800 bits per heavy atom. The molecule has 0 aliphatic carbocycles. The van der Waals surface area contributed by atoms with Crippen molar-refractivity contribution in [3.05, 3.63) is 78.0 Å². The molecule has 2 amide bonds. The first-order valence-corrected chi connectivity index (χ1v) is 8.03. The molecule has 0 bridgehead atoms. The molecule has 3 aromatic rings. The maximum atomic E-state index is 12.0. The lowest BCUT2D eigenvalue weighted by Crippen LogP contribution is -2.19. The standard InChI is InChI=1S/C20H20N4O/c1-14-10-15(2)12-18(11-14)22-19-9-8-17(13-21-19)24-20(25)23-16-6-4-3-5-7-16/h3-13H,1-2H3,(H,21,22)(H2,23,24,25). The van der Waals surface area contributed by atoms with Crippen molar-refractivity contribution in [3.63, 3.8) is 0 Å². The number of nitrogens with zero attached hydrogens (tertiary/aromatic N) is 1. The molecule has 2 aromatic carbocycles. The molecule has 0 atom stereocenters. The highest BCUT2D eigenvalue weighted by atomic mass is 16.2. The monoisotopic (exact) mass is 332 g/mol. The number of aromatic nitrogens is 1. The summed E-state index contributed by atoms with van der Waals surface area (Å²) in [6, 6.07) is 18.9. The largest absolute Gasteiger partial charge is 0.340 e. The zero-order valence-corrected chi connectivity index (χ0v) is 14.2. The van der Waals surface area contributed by atoms with Crippen molar-refractivity contribution in [2.75, 3.05) is 16.0 Å². The summed E-state index contributed by atoms with van der Waals surface area (Å²) in [7, 11) is 0. The Labute approximate surface area is 147 Å². The Hall–Kier alpha value is -3.34. The van der Waals surface area contributed by atoms with E-state index in [0.717, 1.165) is 17.2 Å². The summed E-state index contributed by atoms with van der Waals surface area (Å²) >= 11 is 0. The van der Waals surface area contributed by atoms with Gasteiger partial charge in [0.2, 0.25) is 0 Å². The number of amides is 2. The molecule has 0 radical (unpaired) electrons. The van der Waals surface area contributed by atoms with E-state index in [4.69, 9.17) is 0 Å². The Balaban J connectivity index is 1.61. The van der Waals surface area contributed by atoms with Gasteiger partial charge in [0.05, 0.1) is 11.9 Å². The Bertz CT molecular complexity index is 840. The lowest BCUT2D eigenvalue weighted by molar-refractivity contribution is 0.262. The Kier molecular flexibility index (Phi) is 4.95. The normalized spacial score (nSPS) is 10.2. The molecule has 5 heteroatoms. The van der Waals surface area contributed by atoms with Crippen LogP contribution in [0.3, 0.4) is 0 Å². The van der Waals surface area contributed by atoms with Crippen molar-refractivity contribution >= 4 is 28.9 Å². The Morgan fingerprint density at radius 3 is 2.12 bits per heavy atom. The quantitative estimate of drug-likeness (QED) is 0.624. The lowest BCUT2D eigenvalue weighted by atomic mass is 10.1. The molecule has 1 heterocycles. The number of rotatable bonds is 4. The van der Waals surface area contributed by atoms with E-state index < -0.39 is 0 Å². The number of carbonyl (C=O) groups is 1. The Morgan fingerprint density at radius 2 is 1.48 bits per heavy atom. The number of urea groups is 1. The molecule has 0 aliphatic rings. The molecule has 0 saturated heterocycles. The van der Waals surface area contributed by atoms with Crippen molar-refractivity contribution in [1.82, 2.24) is 4.98 Å². The summed E-state index contributed by atoms with van der Waals surface area (Å²) < 4.78 is 0. The minimum atomic E-state index is -0.303. The first-order valence-electron chi connectivity index (χ1n) is 8.03. The average molecular weight is 332 g/mol. The SMILES string of the molecule is Cc1cc(C)cc(Nc2ccc(NC(=O)Nc3ccccc3)cn2)c1. The van der Waals surface area contributed by atoms with Gasteiger partial charge in [-0.1, -0.05) is 24.3 Å². The topological polar surface area (TPSA) is 66.0 Å². The molecule has 0 saturated carbocycles. The zero-order valence-electron chi connectivity index (χ0n) is 14.2. The highest BCUT2D eigenvalue weighted by molar-refractivity contribution is 5.99. The number of anilines is 4. The minimum absolute atomic E-state index is 0.303. The van der Waals surface area contributed by atoms with Crippen LogP contribution >= 0.6 is 0 Å². The van der Waals surface area contributed by atoms with Gasteiger partial charge < -0.3 is 16.0 Å². The molecular formula is C20H20N4O. The fourth-order valence-electron chi connectivity index (χ4n) is 2.55. The van der Waals surface area contributed by atoms with E-state index in [0.29, 0.717) is 5.69 Å². The number of pyridine rings is 1. The fraction of sp³-hybridized carbons (Fsp3) is 0.100. The van der Waals surface area contributed by atoms with Crippen LogP contribution in [0.25, 0.3) is 0 Å². The second kappa shape index (κ2) is 7.49. The number of carbonyl (C=O) groups excluding carboxylic acids is 1. The van der Waals surface area contributed by atoms with E-state index in [-0.39, 0.29) is 6.03 Å². The van der Waals surface area contributed by atoms with Gasteiger partial charge in [0.15, 0.2) is 0 Å². The number of benzene rings is 2. The lowest BCUT2D eigenvalue weighted by Gasteiger charge is -2.10. The molecule has 25 heavy (non-hydrogen) atoms. The van der Waals surface area contributed by atoms with E-state index in [1.54, 1.807) is 6.20 Å². The van der Waals surface area contributed by atoms with Gasteiger partial charge in [-0.2, -0.15) is 0 Å². The summed E-state index contributed by atoms with van der Waals surface area (Å²) in [5.41, 5.74) is 4.74. The van der Waals surface area contributed by atoms with Crippen molar-refractivity contribution in [3.8, 4) is 0 Å². The van der Waals surface area contributed by atoms with Crippen LogP contribution in [0, 0.1) is 13.8 Å². The molecule has 1 aromatic heterocycles. The minimum Gasteiger partial charge on any atom is -0.340 e. The van der Waals surface area contributed by atoms with E-state index in [1.165, 1.54) is 11.1 Å². The highest BCUT2D eigenvalue weighted by Gasteiger charge is 2.03. The van der Waals surface area contributed by atoms with Gasteiger partial charge >= 0.3 is 6.03 Å². The summed E-state index contributed by atoms with van der Waals surface area (Å²) in [6.45, 7) is 4.12. The third-order valence-electron chi connectivity index (χ3n) is 3.55. The number of nitrogens with one attached hydrogen (secondary N) is 3. The van der Waals surface area contributed by atoms with Gasteiger partial charge in [-0.15, -0.1) is 0 Å². The average Bonchev–Trinajstić information content (AvgIpc) is 2.56. The van der Waals surface area contributed by atoms with Gasteiger partial charge in [-0.25, -0.2) is 9.78 Å². The molecule has 5 nitrogen and oxygen atoms in total. The molecule has 0 spiro atoms. The van der Waals surface area contributed by atoms with E-state index in [1.807, 2.05) is 42.5 Å². The maximum Gasteiger partial charge on any atom is 0.323 e. The number of aryl methyl sites for hydroxylation is 2. The second-order valence-electron chi connectivity index (χ2n) is 5.88. The number of para-hydroxylation sites is 1. The molecular weight excluding hydrogens is 312 g/mol. The summed E-state index contributed by atoms with van der Waals surface area (Å²) in [6.07, 6.45) is 1.62. The van der Waals surface area contributed by atoms with Crippen LogP contribution in [0.4, 0.5) is 27.7 Å². The molecule has 3 N–H and O–H groups in total. The summed E-state index contributed by atoms with van der Waals surface area (Å²) in [4.78, 5) is 16.3. The van der Waals surface area contributed by atoms with Crippen LogP contribution in [-0.2, 0) is 0 Å².